The lowest BCUT2D eigenvalue weighted by molar-refractivity contribution is 0.398. The summed E-state index contributed by atoms with van der Waals surface area (Å²) >= 11 is 6.00. The topological polar surface area (TPSA) is 64.0 Å². The largest absolute Gasteiger partial charge is 0.481 e. The molecule has 104 valence electrons. The third-order valence-corrected chi connectivity index (χ3v) is 3.36. The summed E-state index contributed by atoms with van der Waals surface area (Å²) in [6.45, 7) is 1.92. The molecule has 2 aromatic rings. The number of rotatable bonds is 3. The molecule has 1 saturated heterocycles. The highest BCUT2D eigenvalue weighted by Gasteiger charge is 2.17. The number of pyridine rings is 1. The minimum Gasteiger partial charge on any atom is -0.481 e. The van der Waals surface area contributed by atoms with Crippen LogP contribution in [-0.2, 0) is 0 Å². The van der Waals surface area contributed by atoms with Gasteiger partial charge in [-0.1, -0.05) is 0 Å². The van der Waals surface area contributed by atoms with Crippen molar-refractivity contribution in [3.8, 4) is 17.3 Å². The quantitative estimate of drug-likeness (QED) is 0.864. The molecular formula is C13H14ClN5O. The van der Waals surface area contributed by atoms with Crippen molar-refractivity contribution >= 4 is 17.5 Å². The van der Waals surface area contributed by atoms with Crippen LogP contribution in [0.1, 0.15) is 12.8 Å². The lowest BCUT2D eigenvalue weighted by Gasteiger charge is -2.15. The van der Waals surface area contributed by atoms with Crippen LogP contribution in [0.25, 0.3) is 11.4 Å². The van der Waals surface area contributed by atoms with E-state index in [4.69, 9.17) is 16.3 Å². The summed E-state index contributed by atoms with van der Waals surface area (Å²) < 4.78 is 5.04. The molecule has 0 aromatic carbocycles. The van der Waals surface area contributed by atoms with E-state index in [1.54, 1.807) is 19.4 Å². The molecule has 3 rings (SSSR count). The standard InChI is InChI=1S/C13H14ClN5O/c1-20-10-5-4-9(8-15-10)11-16-12(14)18-13(17-11)19-6-2-3-7-19/h4-5,8H,2-3,6-7H2,1H3. The number of ether oxygens (including phenoxy) is 1. The highest BCUT2D eigenvalue weighted by atomic mass is 35.5. The zero-order chi connectivity index (χ0) is 13.9. The van der Waals surface area contributed by atoms with E-state index in [9.17, 15) is 0 Å². The number of halogens is 1. The molecule has 1 aliphatic rings. The molecule has 0 amide bonds. The van der Waals surface area contributed by atoms with Crippen molar-refractivity contribution in [3.05, 3.63) is 23.6 Å². The fourth-order valence-corrected chi connectivity index (χ4v) is 2.32. The van der Waals surface area contributed by atoms with Gasteiger partial charge in [-0.3, -0.25) is 0 Å². The summed E-state index contributed by atoms with van der Waals surface area (Å²) in [4.78, 5) is 19.1. The second kappa shape index (κ2) is 5.58. The number of anilines is 1. The highest BCUT2D eigenvalue weighted by molar-refractivity contribution is 6.28. The van der Waals surface area contributed by atoms with E-state index in [2.05, 4.69) is 24.8 Å². The molecule has 0 N–H and O–H groups in total. The first-order valence-corrected chi connectivity index (χ1v) is 6.81. The summed E-state index contributed by atoms with van der Waals surface area (Å²) in [6.07, 6.45) is 3.98. The zero-order valence-corrected chi connectivity index (χ0v) is 11.8. The van der Waals surface area contributed by atoms with Gasteiger partial charge in [-0.2, -0.15) is 15.0 Å². The molecule has 0 unspecified atom stereocenters. The Hall–Kier alpha value is -1.95. The Labute approximate surface area is 121 Å². The second-order valence-electron chi connectivity index (χ2n) is 4.51. The third kappa shape index (κ3) is 2.65. The van der Waals surface area contributed by atoms with Gasteiger partial charge in [0.15, 0.2) is 5.82 Å². The van der Waals surface area contributed by atoms with Gasteiger partial charge >= 0.3 is 0 Å². The molecule has 20 heavy (non-hydrogen) atoms. The molecule has 6 nitrogen and oxygen atoms in total. The van der Waals surface area contributed by atoms with Crippen molar-refractivity contribution in [2.45, 2.75) is 12.8 Å². The summed E-state index contributed by atoms with van der Waals surface area (Å²) in [6, 6.07) is 3.62. The van der Waals surface area contributed by atoms with Crippen molar-refractivity contribution in [2.75, 3.05) is 25.1 Å². The maximum Gasteiger partial charge on any atom is 0.230 e. The average Bonchev–Trinajstić information content (AvgIpc) is 3.01. The highest BCUT2D eigenvalue weighted by Crippen LogP contribution is 2.22. The molecule has 0 aliphatic carbocycles. The van der Waals surface area contributed by atoms with Gasteiger partial charge in [0.2, 0.25) is 17.1 Å². The van der Waals surface area contributed by atoms with E-state index in [1.165, 1.54) is 0 Å². The van der Waals surface area contributed by atoms with E-state index >= 15 is 0 Å². The van der Waals surface area contributed by atoms with Crippen LogP contribution >= 0.6 is 11.6 Å². The van der Waals surface area contributed by atoms with Gasteiger partial charge in [-0.15, -0.1) is 0 Å². The fourth-order valence-electron chi connectivity index (χ4n) is 2.16. The van der Waals surface area contributed by atoms with Gasteiger partial charge in [0.1, 0.15) is 0 Å². The van der Waals surface area contributed by atoms with Crippen LogP contribution in [0.5, 0.6) is 5.88 Å². The van der Waals surface area contributed by atoms with Crippen molar-refractivity contribution in [1.82, 2.24) is 19.9 Å². The third-order valence-electron chi connectivity index (χ3n) is 3.19. The van der Waals surface area contributed by atoms with Crippen molar-refractivity contribution in [2.24, 2.45) is 0 Å². The molecule has 0 spiro atoms. The number of aromatic nitrogens is 4. The average molecular weight is 292 g/mol. The summed E-state index contributed by atoms with van der Waals surface area (Å²) in [5, 5.41) is 0.202. The monoisotopic (exact) mass is 291 g/mol. The summed E-state index contributed by atoms with van der Waals surface area (Å²) in [5.41, 5.74) is 0.788. The van der Waals surface area contributed by atoms with Gasteiger partial charge in [-0.05, 0) is 30.5 Å². The van der Waals surface area contributed by atoms with Crippen molar-refractivity contribution < 1.29 is 4.74 Å². The van der Waals surface area contributed by atoms with Crippen molar-refractivity contribution in [1.29, 1.82) is 0 Å². The normalized spacial score (nSPS) is 14.6. The molecule has 0 radical (unpaired) electrons. The maximum atomic E-state index is 6.00. The maximum absolute atomic E-state index is 6.00. The lowest BCUT2D eigenvalue weighted by Crippen LogP contribution is -2.21. The minimum atomic E-state index is 0.202. The van der Waals surface area contributed by atoms with Gasteiger partial charge < -0.3 is 9.64 Å². The minimum absolute atomic E-state index is 0.202. The molecule has 0 atom stereocenters. The molecule has 1 fully saturated rings. The van der Waals surface area contributed by atoms with Crippen LogP contribution in [0, 0.1) is 0 Å². The van der Waals surface area contributed by atoms with Gasteiger partial charge in [0.05, 0.1) is 7.11 Å². The predicted octanol–water partition coefficient (Wildman–Crippen LogP) is 2.20. The molecular weight excluding hydrogens is 278 g/mol. The van der Waals surface area contributed by atoms with E-state index in [-0.39, 0.29) is 5.28 Å². The Balaban J connectivity index is 1.95. The van der Waals surface area contributed by atoms with E-state index in [1.807, 2.05) is 6.07 Å². The Bertz CT molecular complexity index is 598. The first kappa shape index (κ1) is 13.1. The first-order valence-electron chi connectivity index (χ1n) is 6.43. The zero-order valence-electron chi connectivity index (χ0n) is 11.1. The van der Waals surface area contributed by atoms with Crippen LogP contribution < -0.4 is 9.64 Å². The SMILES string of the molecule is COc1ccc(-c2nc(Cl)nc(N3CCCC3)n2)cn1. The predicted molar refractivity (Wildman–Crippen MR) is 76.1 cm³/mol. The fraction of sp³-hybridized carbons (Fsp3) is 0.385. The molecule has 0 saturated carbocycles. The van der Waals surface area contributed by atoms with Crippen LogP contribution in [-0.4, -0.2) is 40.1 Å². The molecule has 0 bridgehead atoms. The van der Waals surface area contributed by atoms with Gasteiger partial charge in [0, 0.05) is 30.9 Å². The molecule has 7 heteroatoms. The number of hydrogen-bond acceptors (Lipinski definition) is 6. The molecule has 3 heterocycles. The Morgan fingerprint density at radius 1 is 1.15 bits per heavy atom. The van der Waals surface area contributed by atoms with E-state index in [0.717, 1.165) is 31.5 Å². The number of methoxy groups -OCH3 is 1. The van der Waals surface area contributed by atoms with Crippen LogP contribution in [0.4, 0.5) is 5.95 Å². The van der Waals surface area contributed by atoms with Crippen molar-refractivity contribution in [3.63, 3.8) is 0 Å². The van der Waals surface area contributed by atoms with Gasteiger partial charge in [0.25, 0.3) is 0 Å². The Kier molecular flexibility index (Phi) is 3.64. The van der Waals surface area contributed by atoms with Crippen LogP contribution in [0.15, 0.2) is 18.3 Å². The van der Waals surface area contributed by atoms with Gasteiger partial charge in [-0.25, -0.2) is 4.98 Å². The smallest absolute Gasteiger partial charge is 0.230 e. The Morgan fingerprint density at radius 2 is 1.95 bits per heavy atom. The summed E-state index contributed by atoms with van der Waals surface area (Å²) in [5.74, 6) is 1.71. The number of hydrogen-bond donors (Lipinski definition) is 0. The van der Waals surface area contributed by atoms with E-state index in [0.29, 0.717) is 17.7 Å². The van der Waals surface area contributed by atoms with E-state index < -0.39 is 0 Å². The van der Waals surface area contributed by atoms with Crippen LogP contribution in [0.3, 0.4) is 0 Å². The number of nitrogens with zero attached hydrogens (tertiary/aromatic N) is 5. The lowest BCUT2D eigenvalue weighted by atomic mass is 10.3. The van der Waals surface area contributed by atoms with Crippen LogP contribution in [0.2, 0.25) is 5.28 Å². The summed E-state index contributed by atoms with van der Waals surface area (Å²) in [7, 11) is 1.58. The Morgan fingerprint density at radius 3 is 2.60 bits per heavy atom. The molecule has 1 aliphatic heterocycles. The second-order valence-corrected chi connectivity index (χ2v) is 4.85. The molecule has 2 aromatic heterocycles. The first-order chi connectivity index (χ1) is 9.76.